The third-order valence-electron chi connectivity index (χ3n) is 3.90. The minimum absolute atomic E-state index is 0.0338. The first-order valence-corrected chi connectivity index (χ1v) is 7.28. The number of halogens is 2. The summed E-state index contributed by atoms with van der Waals surface area (Å²) < 4.78 is 10.7. The Kier molecular flexibility index (Phi) is 3.65. The number of esters is 1. The van der Waals surface area contributed by atoms with Crippen LogP contribution in [0.5, 0.6) is 0 Å². The van der Waals surface area contributed by atoms with E-state index in [4.69, 9.17) is 32.7 Å². The first-order chi connectivity index (χ1) is 9.60. The summed E-state index contributed by atoms with van der Waals surface area (Å²) in [6.07, 6.45) is 2.70. The number of hydrogen-bond donors (Lipinski definition) is 0. The molecule has 2 bridgehead atoms. The summed E-state index contributed by atoms with van der Waals surface area (Å²) >= 11 is 12.0. The van der Waals surface area contributed by atoms with E-state index < -0.39 is 0 Å². The van der Waals surface area contributed by atoms with Crippen LogP contribution in [0.2, 0.25) is 10.0 Å². The molecule has 3 rings (SSSR count). The van der Waals surface area contributed by atoms with Gasteiger partial charge >= 0.3 is 5.97 Å². The number of methoxy groups -OCH3 is 1. The molecule has 0 radical (unpaired) electrons. The summed E-state index contributed by atoms with van der Waals surface area (Å²) in [5.41, 5.74) is 1.60. The van der Waals surface area contributed by atoms with Crippen LogP contribution >= 0.6 is 23.2 Å². The molecule has 2 aliphatic heterocycles. The molecule has 0 aliphatic carbocycles. The maximum absolute atomic E-state index is 12.1. The first-order valence-electron chi connectivity index (χ1n) is 6.53. The number of carbonyl (C=O) groups is 1. The van der Waals surface area contributed by atoms with Gasteiger partial charge in [0.2, 0.25) is 0 Å². The number of benzene rings is 1. The zero-order valence-corrected chi connectivity index (χ0v) is 12.5. The Morgan fingerprint density at radius 2 is 2.15 bits per heavy atom. The Morgan fingerprint density at radius 1 is 1.35 bits per heavy atom. The predicted molar refractivity (Wildman–Crippen MR) is 77.0 cm³/mol. The van der Waals surface area contributed by atoms with Crippen molar-refractivity contribution in [2.24, 2.45) is 0 Å². The molecule has 2 unspecified atom stereocenters. The van der Waals surface area contributed by atoms with Crippen molar-refractivity contribution in [3.63, 3.8) is 0 Å². The van der Waals surface area contributed by atoms with Crippen LogP contribution < -0.4 is 0 Å². The largest absolute Gasteiger partial charge is 0.494 e. The smallest absolute Gasteiger partial charge is 0.337 e. The minimum atomic E-state index is -0.323. The predicted octanol–water partition coefficient (Wildman–Crippen LogP) is 4.09. The van der Waals surface area contributed by atoms with E-state index in [0.29, 0.717) is 15.6 Å². The molecule has 2 aliphatic rings. The Labute approximate surface area is 127 Å². The number of carbonyl (C=O) groups excluding carboxylic acids is 1. The van der Waals surface area contributed by atoms with Gasteiger partial charge in [0.05, 0.1) is 28.8 Å². The van der Waals surface area contributed by atoms with Crippen molar-refractivity contribution in [1.82, 2.24) is 0 Å². The second-order valence-electron chi connectivity index (χ2n) is 5.07. The van der Waals surface area contributed by atoms with Gasteiger partial charge < -0.3 is 9.47 Å². The molecule has 0 N–H and O–H groups in total. The van der Waals surface area contributed by atoms with E-state index in [-0.39, 0.29) is 18.0 Å². The summed E-state index contributed by atoms with van der Waals surface area (Å²) in [6.45, 7) is 0. The molecule has 1 fully saturated rings. The molecule has 0 aromatic heterocycles. The summed E-state index contributed by atoms with van der Waals surface area (Å²) in [7, 11) is 1.39. The molecule has 2 heterocycles. The van der Waals surface area contributed by atoms with Crippen LogP contribution in [-0.2, 0) is 14.3 Å². The Bertz CT molecular complexity index is 595. The van der Waals surface area contributed by atoms with Gasteiger partial charge in [0, 0.05) is 12.3 Å². The molecule has 20 heavy (non-hydrogen) atoms. The second-order valence-corrected chi connectivity index (χ2v) is 5.88. The quantitative estimate of drug-likeness (QED) is 0.772. The molecule has 3 nitrogen and oxygen atoms in total. The standard InChI is InChI=1S/C15H14Cl2O3/c1-19-15(18)14-10(7-9-3-5-13(14)20-9)8-2-4-11(16)12(17)6-8/h2,4,6,9-10H,3,5,7H2,1H3. The molecule has 1 saturated heterocycles. The summed E-state index contributed by atoms with van der Waals surface area (Å²) in [5, 5.41) is 1.01. The fourth-order valence-electron chi connectivity index (χ4n) is 2.95. The Morgan fingerprint density at radius 3 is 2.85 bits per heavy atom. The normalized spacial score (nSPS) is 24.6. The van der Waals surface area contributed by atoms with Crippen molar-refractivity contribution in [1.29, 1.82) is 0 Å². The van der Waals surface area contributed by atoms with Gasteiger partial charge in [0.1, 0.15) is 5.76 Å². The van der Waals surface area contributed by atoms with Crippen LogP contribution in [0.15, 0.2) is 29.5 Å². The molecular formula is C15H14Cl2O3. The number of allylic oxidation sites excluding steroid dienone is 1. The highest BCUT2D eigenvalue weighted by molar-refractivity contribution is 6.42. The molecule has 1 aromatic rings. The number of ether oxygens (including phenoxy) is 2. The van der Waals surface area contributed by atoms with E-state index in [1.165, 1.54) is 7.11 Å². The molecule has 106 valence electrons. The van der Waals surface area contributed by atoms with Crippen molar-refractivity contribution in [2.45, 2.75) is 31.3 Å². The number of fused-ring (bicyclic) bond motifs is 2. The lowest BCUT2D eigenvalue weighted by Gasteiger charge is -2.28. The van der Waals surface area contributed by atoms with Crippen LogP contribution in [0.1, 0.15) is 30.7 Å². The van der Waals surface area contributed by atoms with E-state index in [1.807, 2.05) is 12.1 Å². The summed E-state index contributed by atoms with van der Waals surface area (Å²) in [4.78, 5) is 12.1. The molecule has 5 heteroatoms. The average molecular weight is 313 g/mol. The molecule has 1 aromatic carbocycles. The van der Waals surface area contributed by atoms with E-state index in [1.54, 1.807) is 6.07 Å². The topological polar surface area (TPSA) is 35.5 Å². The van der Waals surface area contributed by atoms with Crippen molar-refractivity contribution >= 4 is 29.2 Å². The van der Waals surface area contributed by atoms with Crippen LogP contribution in [0.4, 0.5) is 0 Å². The summed E-state index contributed by atoms with van der Waals surface area (Å²) in [6, 6.07) is 5.49. The van der Waals surface area contributed by atoms with Gasteiger partial charge in [-0.05, 0) is 30.5 Å². The van der Waals surface area contributed by atoms with Crippen molar-refractivity contribution in [3.05, 3.63) is 45.1 Å². The lowest BCUT2D eigenvalue weighted by molar-refractivity contribution is -0.137. The van der Waals surface area contributed by atoms with Gasteiger partial charge in [-0.25, -0.2) is 4.79 Å². The highest BCUT2D eigenvalue weighted by Gasteiger charge is 2.39. The van der Waals surface area contributed by atoms with Gasteiger partial charge in [-0.2, -0.15) is 0 Å². The Hall–Kier alpha value is -1.19. The van der Waals surface area contributed by atoms with Gasteiger partial charge in [-0.1, -0.05) is 29.3 Å². The first kappa shape index (κ1) is 13.8. The monoisotopic (exact) mass is 312 g/mol. The number of rotatable bonds is 2. The maximum atomic E-state index is 12.1. The minimum Gasteiger partial charge on any atom is -0.494 e. The van der Waals surface area contributed by atoms with Crippen LogP contribution in [-0.4, -0.2) is 19.2 Å². The lowest BCUT2D eigenvalue weighted by Crippen LogP contribution is -2.23. The zero-order valence-electron chi connectivity index (χ0n) is 11.0. The summed E-state index contributed by atoms with van der Waals surface area (Å²) in [5.74, 6) is 0.411. The SMILES string of the molecule is COC(=O)C1=C2CCC(CC1c1ccc(Cl)c(Cl)c1)O2. The van der Waals surface area contributed by atoms with Crippen LogP contribution in [0, 0.1) is 0 Å². The molecule has 2 atom stereocenters. The molecule has 0 saturated carbocycles. The van der Waals surface area contributed by atoms with Crippen LogP contribution in [0.3, 0.4) is 0 Å². The van der Waals surface area contributed by atoms with Gasteiger partial charge in [-0.15, -0.1) is 0 Å². The molecule has 0 amide bonds. The lowest BCUT2D eigenvalue weighted by atomic mass is 9.85. The maximum Gasteiger partial charge on any atom is 0.337 e. The van der Waals surface area contributed by atoms with Crippen LogP contribution in [0.25, 0.3) is 0 Å². The number of hydrogen-bond acceptors (Lipinski definition) is 3. The van der Waals surface area contributed by atoms with E-state index in [9.17, 15) is 4.79 Å². The van der Waals surface area contributed by atoms with E-state index >= 15 is 0 Å². The highest BCUT2D eigenvalue weighted by Crippen LogP contribution is 2.45. The van der Waals surface area contributed by atoms with Gasteiger partial charge in [0.25, 0.3) is 0 Å². The van der Waals surface area contributed by atoms with Crippen molar-refractivity contribution in [2.75, 3.05) is 7.11 Å². The molecule has 0 spiro atoms. The highest BCUT2D eigenvalue weighted by atomic mass is 35.5. The van der Waals surface area contributed by atoms with E-state index in [0.717, 1.165) is 30.6 Å². The van der Waals surface area contributed by atoms with Gasteiger partial charge in [0.15, 0.2) is 0 Å². The second kappa shape index (κ2) is 5.30. The Balaban J connectivity index is 2.05. The van der Waals surface area contributed by atoms with Gasteiger partial charge in [-0.3, -0.25) is 0 Å². The van der Waals surface area contributed by atoms with Crippen molar-refractivity contribution < 1.29 is 14.3 Å². The fraction of sp³-hybridized carbons (Fsp3) is 0.400. The molecular weight excluding hydrogens is 299 g/mol. The zero-order chi connectivity index (χ0) is 14.3. The van der Waals surface area contributed by atoms with E-state index in [2.05, 4.69) is 0 Å². The third kappa shape index (κ3) is 2.29. The van der Waals surface area contributed by atoms with Crippen molar-refractivity contribution in [3.8, 4) is 0 Å². The third-order valence-corrected chi connectivity index (χ3v) is 4.64. The average Bonchev–Trinajstić information content (AvgIpc) is 2.82. The fourth-order valence-corrected chi connectivity index (χ4v) is 3.25.